The van der Waals surface area contributed by atoms with Gasteiger partial charge in [-0.25, -0.2) is 5.01 Å². The molecule has 0 spiro atoms. The van der Waals surface area contributed by atoms with Gasteiger partial charge in [-0.15, -0.1) is 0 Å². The molecule has 3 nitrogen and oxygen atoms in total. The fraction of sp³-hybridized carbons (Fsp3) is 0.556. The van der Waals surface area contributed by atoms with Crippen LogP contribution in [0.2, 0.25) is 0 Å². The van der Waals surface area contributed by atoms with Crippen LogP contribution < -0.4 is 5.01 Å². The summed E-state index contributed by atoms with van der Waals surface area (Å²) in [6.45, 7) is 13.7. The number of anilines is 1. The van der Waals surface area contributed by atoms with Gasteiger partial charge in [0.1, 0.15) is 5.54 Å². The molecular weight excluding hydrogens is 338 g/mol. The van der Waals surface area contributed by atoms with Crippen molar-refractivity contribution in [1.82, 2.24) is 0 Å². The van der Waals surface area contributed by atoms with E-state index in [9.17, 15) is 0 Å². The summed E-state index contributed by atoms with van der Waals surface area (Å²) in [7, 11) is 0. The third-order valence-electron chi connectivity index (χ3n) is 6.49. The Morgan fingerprint density at radius 3 is 2.14 bits per heavy atom. The van der Waals surface area contributed by atoms with Crippen molar-refractivity contribution in [2.24, 2.45) is 22.2 Å². The Bertz CT molecular complexity index is 663. The largest absolute Gasteiger partial charge is 0.238 e. The molecule has 0 aromatic heterocycles. The van der Waals surface area contributed by atoms with Crippen LogP contribution in [0.15, 0.2) is 50.2 Å². The lowest BCUT2D eigenvalue weighted by Gasteiger charge is -2.53. The van der Waals surface area contributed by atoms with E-state index < -0.39 is 0 Å². The highest BCUT2D eigenvalue weighted by Crippen LogP contribution is 2.56. The summed E-state index contributed by atoms with van der Waals surface area (Å²) in [6, 6.07) is 8.35. The predicted molar refractivity (Wildman–Crippen MR) is 95.0 cm³/mol. The molecule has 0 radical (unpaired) electrons. The van der Waals surface area contributed by atoms with Gasteiger partial charge in [0.15, 0.2) is 0 Å². The second-order valence-corrected chi connectivity index (χ2v) is 8.00. The molecule has 0 amide bonds. The normalized spacial score (nSPS) is 37.7. The van der Waals surface area contributed by atoms with Gasteiger partial charge in [-0.05, 0) is 52.0 Å². The second kappa shape index (κ2) is 4.92. The summed E-state index contributed by atoms with van der Waals surface area (Å²) < 4.78 is 1.08. The van der Waals surface area contributed by atoms with Crippen molar-refractivity contribution in [3.8, 4) is 0 Å². The lowest BCUT2D eigenvalue weighted by atomic mass is 9.57. The minimum Gasteiger partial charge on any atom is -0.238 e. The van der Waals surface area contributed by atoms with Crippen molar-refractivity contribution in [3.05, 3.63) is 39.9 Å². The van der Waals surface area contributed by atoms with Gasteiger partial charge in [0, 0.05) is 16.3 Å². The Hall–Kier alpha value is -1.16. The molecule has 1 aromatic carbocycles. The molecule has 0 fully saturated rings. The summed E-state index contributed by atoms with van der Waals surface area (Å²) in [6.07, 6.45) is 0. The fourth-order valence-electron chi connectivity index (χ4n) is 4.12. The monoisotopic (exact) mass is 361 g/mol. The smallest absolute Gasteiger partial charge is 0.113 e. The number of benzene rings is 1. The molecule has 0 saturated heterocycles. The van der Waals surface area contributed by atoms with Crippen LogP contribution >= 0.6 is 15.9 Å². The third kappa shape index (κ3) is 1.79. The number of rotatable bonds is 1. The van der Waals surface area contributed by atoms with Gasteiger partial charge in [-0.2, -0.15) is 5.11 Å². The summed E-state index contributed by atoms with van der Waals surface area (Å²) in [5.74, 6) is 0.783. The molecule has 4 heteroatoms. The maximum atomic E-state index is 4.76. The van der Waals surface area contributed by atoms with E-state index in [1.807, 2.05) is 0 Å². The van der Waals surface area contributed by atoms with Crippen molar-refractivity contribution in [2.75, 3.05) is 5.01 Å². The molecule has 22 heavy (non-hydrogen) atoms. The standard InChI is InChI=1S/C18H24BrN3/c1-11-12(2)14(4)18(6)17(5,13(11)3)20-21-22(18)16-9-7-15(19)8-10-16/h7-10,13-14H,1-6H3/t13-,14-,17-,18-/m0/s1. The van der Waals surface area contributed by atoms with Crippen LogP contribution in [-0.4, -0.2) is 11.1 Å². The molecule has 0 N–H and O–H groups in total. The SMILES string of the molecule is CC1=C(C)[C@H](C)[C@]2(C)N(c3ccc(Br)cc3)N=N[C@@]2(C)[C@H]1C. The molecule has 0 bridgehead atoms. The van der Waals surface area contributed by atoms with Gasteiger partial charge >= 0.3 is 0 Å². The predicted octanol–water partition coefficient (Wildman–Crippen LogP) is 5.78. The Morgan fingerprint density at radius 1 is 1.00 bits per heavy atom. The Balaban J connectivity index is 2.15. The van der Waals surface area contributed by atoms with Crippen molar-refractivity contribution in [1.29, 1.82) is 0 Å². The van der Waals surface area contributed by atoms with E-state index in [0.29, 0.717) is 11.8 Å². The zero-order chi connectivity index (χ0) is 16.3. The minimum atomic E-state index is -0.205. The fourth-order valence-corrected chi connectivity index (χ4v) is 4.39. The number of nitrogens with zero attached hydrogens (tertiary/aromatic N) is 3. The van der Waals surface area contributed by atoms with Gasteiger partial charge in [-0.3, -0.25) is 0 Å². The zero-order valence-corrected chi connectivity index (χ0v) is 15.8. The quantitative estimate of drug-likeness (QED) is 0.582. The van der Waals surface area contributed by atoms with Gasteiger partial charge < -0.3 is 0 Å². The molecule has 0 unspecified atom stereocenters. The first-order valence-corrected chi connectivity index (χ1v) is 8.68. The van der Waals surface area contributed by atoms with Gasteiger partial charge in [0.2, 0.25) is 0 Å². The number of hydrogen-bond acceptors (Lipinski definition) is 3. The van der Waals surface area contributed by atoms with E-state index in [4.69, 9.17) is 5.11 Å². The average Bonchev–Trinajstić information content (AvgIpc) is 2.79. The second-order valence-electron chi connectivity index (χ2n) is 7.08. The van der Waals surface area contributed by atoms with Crippen LogP contribution in [0.25, 0.3) is 0 Å². The average molecular weight is 362 g/mol. The summed E-state index contributed by atoms with van der Waals surface area (Å²) in [5, 5.41) is 11.5. The molecule has 0 saturated carbocycles. The van der Waals surface area contributed by atoms with E-state index in [-0.39, 0.29) is 11.1 Å². The highest BCUT2D eigenvalue weighted by atomic mass is 79.9. The molecule has 118 valence electrons. The molecule has 1 heterocycles. The molecule has 2 aliphatic rings. The van der Waals surface area contributed by atoms with Gasteiger partial charge in [-0.1, -0.05) is 46.1 Å². The molecule has 1 aromatic rings. The van der Waals surface area contributed by atoms with E-state index in [1.165, 1.54) is 11.1 Å². The summed E-state index contributed by atoms with van der Waals surface area (Å²) in [5.41, 5.74) is 3.68. The van der Waals surface area contributed by atoms with Crippen LogP contribution in [0.1, 0.15) is 41.5 Å². The lowest BCUT2D eigenvalue weighted by Crippen LogP contribution is -2.64. The molecule has 1 aliphatic heterocycles. The third-order valence-corrected chi connectivity index (χ3v) is 7.01. The first-order valence-electron chi connectivity index (χ1n) is 7.89. The summed E-state index contributed by atoms with van der Waals surface area (Å²) >= 11 is 3.51. The summed E-state index contributed by atoms with van der Waals surface area (Å²) in [4.78, 5) is 0. The van der Waals surface area contributed by atoms with E-state index in [0.717, 1.165) is 10.2 Å². The van der Waals surface area contributed by atoms with E-state index in [1.54, 1.807) is 0 Å². The van der Waals surface area contributed by atoms with Crippen molar-refractivity contribution in [3.63, 3.8) is 0 Å². The maximum Gasteiger partial charge on any atom is 0.113 e. The number of halogens is 1. The topological polar surface area (TPSA) is 28.0 Å². The highest BCUT2D eigenvalue weighted by molar-refractivity contribution is 9.10. The van der Waals surface area contributed by atoms with Crippen LogP contribution in [0, 0.1) is 11.8 Å². The van der Waals surface area contributed by atoms with Crippen molar-refractivity contribution in [2.45, 2.75) is 52.6 Å². The molecule has 4 atom stereocenters. The van der Waals surface area contributed by atoms with E-state index in [2.05, 4.69) is 92.0 Å². The van der Waals surface area contributed by atoms with E-state index >= 15 is 0 Å². The van der Waals surface area contributed by atoms with Crippen LogP contribution in [0.3, 0.4) is 0 Å². The minimum absolute atomic E-state index is 0.149. The number of hydrogen-bond donors (Lipinski definition) is 0. The molecule has 3 rings (SSSR count). The Kier molecular flexibility index (Phi) is 3.52. The van der Waals surface area contributed by atoms with Crippen LogP contribution in [-0.2, 0) is 0 Å². The first kappa shape index (κ1) is 15.7. The highest BCUT2D eigenvalue weighted by Gasteiger charge is 2.62. The van der Waals surface area contributed by atoms with Gasteiger partial charge in [0.25, 0.3) is 0 Å². The van der Waals surface area contributed by atoms with Crippen LogP contribution in [0.4, 0.5) is 5.69 Å². The molecule has 1 aliphatic carbocycles. The molecular formula is C18H24BrN3. The van der Waals surface area contributed by atoms with Gasteiger partial charge in [0.05, 0.1) is 11.2 Å². The Morgan fingerprint density at radius 2 is 1.55 bits per heavy atom. The zero-order valence-electron chi connectivity index (χ0n) is 14.2. The van der Waals surface area contributed by atoms with Crippen LogP contribution in [0.5, 0.6) is 0 Å². The lowest BCUT2D eigenvalue weighted by molar-refractivity contribution is 0.158. The number of fused-ring (bicyclic) bond motifs is 1. The Labute approximate surface area is 141 Å². The van der Waals surface area contributed by atoms with Crippen molar-refractivity contribution >= 4 is 21.6 Å². The maximum absolute atomic E-state index is 4.76. The van der Waals surface area contributed by atoms with Crippen molar-refractivity contribution < 1.29 is 0 Å². The first-order chi connectivity index (χ1) is 10.2.